The average Bonchev–Trinajstić information content (AvgIpc) is 2.91. The summed E-state index contributed by atoms with van der Waals surface area (Å²) in [5.41, 5.74) is 5.19. The maximum absolute atomic E-state index is 10.0. The van der Waals surface area contributed by atoms with E-state index in [2.05, 4.69) is 31.0 Å². The van der Waals surface area contributed by atoms with Crippen molar-refractivity contribution in [3.05, 3.63) is 23.2 Å². The second-order valence-corrected chi connectivity index (χ2v) is 6.68. The van der Waals surface area contributed by atoms with Crippen molar-refractivity contribution in [3.63, 3.8) is 0 Å². The third-order valence-corrected chi connectivity index (χ3v) is 4.32. The third kappa shape index (κ3) is 3.38. The van der Waals surface area contributed by atoms with E-state index in [4.69, 9.17) is 10.5 Å². The smallest absolute Gasteiger partial charge is 0.263 e. The fourth-order valence-corrected chi connectivity index (χ4v) is 2.87. The molecule has 0 spiro atoms. The Balaban J connectivity index is 1.70. The summed E-state index contributed by atoms with van der Waals surface area (Å²) in [4.78, 5) is 8.12. The number of anilines is 1. The van der Waals surface area contributed by atoms with Crippen LogP contribution in [0.5, 0.6) is 11.6 Å². The van der Waals surface area contributed by atoms with E-state index in [1.54, 1.807) is 6.20 Å². The van der Waals surface area contributed by atoms with Crippen molar-refractivity contribution >= 4 is 21.7 Å². The first-order valence-electron chi connectivity index (χ1n) is 7.15. The Morgan fingerprint density at radius 2 is 2.14 bits per heavy atom. The summed E-state index contributed by atoms with van der Waals surface area (Å²) in [6.45, 7) is 1.88. The highest BCUT2D eigenvalue weighted by Gasteiger charge is 2.29. The second-order valence-electron chi connectivity index (χ2n) is 5.87. The number of ether oxygens (including phenoxy) is 1. The summed E-state index contributed by atoms with van der Waals surface area (Å²) in [6, 6.07) is 0.281. The highest BCUT2D eigenvalue weighted by Crippen LogP contribution is 2.35. The molecule has 2 aromatic heterocycles. The van der Waals surface area contributed by atoms with Crippen LogP contribution in [0.1, 0.15) is 38.6 Å². The lowest BCUT2D eigenvalue weighted by Crippen LogP contribution is -2.31. The molecular formula is C14H18BrN5O2. The standard InChI is InChI=1S/C14H18BrN5O2/c1-14(21)4-2-9(3-5-14)20-8-10(6-18-20)22-13-12(16)17-7-11(15)19-13/h6-9,21H,2-5H2,1H3,(H2,16,17). The van der Waals surface area contributed by atoms with Gasteiger partial charge in [0.15, 0.2) is 11.6 Å². The summed E-state index contributed by atoms with van der Waals surface area (Å²) in [5.74, 6) is 1.04. The van der Waals surface area contributed by atoms with Gasteiger partial charge in [0.25, 0.3) is 5.88 Å². The minimum Gasteiger partial charge on any atom is -0.433 e. The fourth-order valence-electron chi connectivity index (χ4n) is 2.61. The zero-order chi connectivity index (χ0) is 15.7. The molecule has 1 aliphatic carbocycles. The van der Waals surface area contributed by atoms with E-state index in [-0.39, 0.29) is 17.7 Å². The molecule has 0 saturated heterocycles. The molecule has 0 atom stereocenters. The lowest BCUT2D eigenvalue weighted by atomic mass is 9.84. The van der Waals surface area contributed by atoms with E-state index in [1.807, 2.05) is 17.8 Å². The van der Waals surface area contributed by atoms with Crippen molar-refractivity contribution in [2.75, 3.05) is 5.73 Å². The number of nitrogen functional groups attached to an aromatic ring is 1. The summed E-state index contributed by atoms with van der Waals surface area (Å²) < 4.78 is 8.08. The highest BCUT2D eigenvalue weighted by atomic mass is 79.9. The zero-order valence-electron chi connectivity index (χ0n) is 12.2. The normalized spacial score (nSPS) is 25.1. The lowest BCUT2D eigenvalue weighted by Gasteiger charge is -2.32. The van der Waals surface area contributed by atoms with E-state index in [1.165, 1.54) is 6.20 Å². The number of aromatic nitrogens is 4. The molecule has 2 heterocycles. The van der Waals surface area contributed by atoms with Gasteiger partial charge in [-0.25, -0.2) is 9.97 Å². The van der Waals surface area contributed by atoms with Crippen LogP contribution in [0.25, 0.3) is 0 Å². The van der Waals surface area contributed by atoms with Gasteiger partial charge in [0.05, 0.1) is 30.2 Å². The van der Waals surface area contributed by atoms with Gasteiger partial charge in [-0.15, -0.1) is 0 Å². The number of hydrogen-bond donors (Lipinski definition) is 2. The van der Waals surface area contributed by atoms with Gasteiger partial charge in [-0.2, -0.15) is 5.10 Å². The van der Waals surface area contributed by atoms with Crippen molar-refractivity contribution in [3.8, 4) is 11.6 Å². The van der Waals surface area contributed by atoms with Crippen LogP contribution in [-0.4, -0.2) is 30.5 Å². The van der Waals surface area contributed by atoms with Gasteiger partial charge in [-0.3, -0.25) is 4.68 Å². The predicted molar refractivity (Wildman–Crippen MR) is 84.6 cm³/mol. The Labute approximate surface area is 136 Å². The Morgan fingerprint density at radius 3 is 2.86 bits per heavy atom. The molecule has 0 radical (unpaired) electrons. The predicted octanol–water partition coefficient (Wildman–Crippen LogP) is 2.68. The van der Waals surface area contributed by atoms with Crippen LogP contribution in [0.3, 0.4) is 0 Å². The first-order chi connectivity index (χ1) is 10.4. The van der Waals surface area contributed by atoms with Gasteiger partial charge in [0.2, 0.25) is 0 Å². The van der Waals surface area contributed by atoms with E-state index in [0.29, 0.717) is 10.4 Å². The molecule has 8 heteroatoms. The van der Waals surface area contributed by atoms with Crippen LogP contribution in [-0.2, 0) is 0 Å². The van der Waals surface area contributed by atoms with Crippen molar-refractivity contribution in [1.29, 1.82) is 0 Å². The monoisotopic (exact) mass is 367 g/mol. The number of halogens is 1. The topological polar surface area (TPSA) is 99.1 Å². The quantitative estimate of drug-likeness (QED) is 0.864. The molecule has 0 aliphatic heterocycles. The van der Waals surface area contributed by atoms with Gasteiger partial charge in [0.1, 0.15) is 4.60 Å². The van der Waals surface area contributed by atoms with Gasteiger partial charge in [-0.05, 0) is 48.5 Å². The van der Waals surface area contributed by atoms with Crippen molar-refractivity contribution < 1.29 is 9.84 Å². The van der Waals surface area contributed by atoms with Crippen LogP contribution in [0.4, 0.5) is 5.82 Å². The van der Waals surface area contributed by atoms with Gasteiger partial charge in [0, 0.05) is 0 Å². The Bertz CT molecular complexity index is 663. The summed E-state index contributed by atoms with van der Waals surface area (Å²) in [5, 5.41) is 14.4. The van der Waals surface area contributed by atoms with E-state index in [0.717, 1.165) is 25.7 Å². The Morgan fingerprint density at radius 1 is 1.41 bits per heavy atom. The molecule has 0 bridgehead atoms. The zero-order valence-corrected chi connectivity index (χ0v) is 13.8. The molecule has 0 aromatic carbocycles. The van der Waals surface area contributed by atoms with Gasteiger partial charge in [-0.1, -0.05) is 0 Å². The number of nitrogens with two attached hydrogens (primary N) is 1. The van der Waals surface area contributed by atoms with Crippen LogP contribution >= 0.6 is 15.9 Å². The molecule has 7 nitrogen and oxygen atoms in total. The molecule has 1 aliphatic rings. The lowest BCUT2D eigenvalue weighted by molar-refractivity contribution is 0.00850. The second kappa shape index (κ2) is 5.85. The average molecular weight is 368 g/mol. The van der Waals surface area contributed by atoms with E-state index in [9.17, 15) is 5.11 Å². The number of nitrogens with zero attached hydrogens (tertiary/aromatic N) is 4. The molecule has 3 N–H and O–H groups in total. The number of aliphatic hydroxyl groups is 1. The van der Waals surface area contributed by atoms with Crippen molar-refractivity contribution in [2.45, 2.75) is 44.2 Å². The van der Waals surface area contributed by atoms with Crippen LogP contribution < -0.4 is 10.5 Å². The van der Waals surface area contributed by atoms with Gasteiger partial charge >= 0.3 is 0 Å². The minimum atomic E-state index is -0.552. The molecule has 22 heavy (non-hydrogen) atoms. The van der Waals surface area contributed by atoms with Crippen molar-refractivity contribution in [1.82, 2.24) is 19.7 Å². The third-order valence-electron chi connectivity index (χ3n) is 3.94. The molecule has 3 rings (SSSR count). The maximum atomic E-state index is 10.0. The van der Waals surface area contributed by atoms with Crippen molar-refractivity contribution in [2.24, 2.45) is 0 Å². The Kier molecular flexibility index (Phi) is 4.05. The molecule has 2 aromatic rings. The van der Waals surface area contributed by atoms with E-state index < -0.39 is 5.60 Å². The minimum absolute atomic E-state index is 0.227. The SMILES string of the molecule is CC1(O)CCC(n2cc(Oc3nc(Br)cnc3N)cn2)CC1. The molecule has 0 amide bonds. The van der Waals surface area contributed by atoms with Gasteiger partial charge < -0.3 is 15.6 Å². The van der Waals surface area contributed by atoms with Crippen LogP contribution in [0.2, 0.25) is 0 Å². The summed E-state index contributed by atoms with van der Waals surface area (Å²) in [7, 11) is 0. The molecular weight excluding hydrogens is 350 g/mol. The summed E-state index contributed by atoms with van der Waals surface area (Å²) in [6.07, 6.45) is 8.32. The molecule has 1 fully saturated rings. The maximum Gasteiger partial charge on any atom is 0.263 e. The highest BCUT2D eigenvalue weighted by molar-refractivity contribution is 9.10. The Hall–Kier alpha value is -1.67. The molecule has 1 saturated carbocycles. The molecule has 0 unspecified atom stereocenters. The number of rotatable bonds is 3. The summed E-state index contributed by atoms with van der Waals surface area (Å²) >= 11 is 3.23. The van der Waals surface area contributed by atoms with Crippen LogP contribution in [0, 0.1) is 0 Å². The number of hydrogen-bond acceptors (Lipinski definition) is 6. The molecule has 118 valence electrons. The first kappa shape index (κ1) is 15.2. The van der Waals surface area contributed by atoms with E-state index >= 15 is 0 Å². The fraction of sp³-hybridized carbons (Fsp3) is 0.500. The van der Waals surface area contributed by atoms with Crippen LogP contribution in [0.15, 0.2) is 23.2 Å². The first-order valence-corrected chi connectivity index (χ1v) is 7.95. The largest absolute Gasteiger partial charge is 0.433 e.